The molecule has 5 nitrogen and oxygen atoms in total. The van der Waals surface area contributed by atoms with E-state index in [0.29, 0.717) is 6.04 Å². The van der Waals surface area contributed by atoms with Crippen LogP contribution in [0.4, 0.5) is 0 Å². The van der Waals surface area contributed by atoms with Crippen molar-refractivity contribution < 1.29 is 14.6 Å². The first-order valence-corrected chi connectivity index (χ1v) is 8.98. The van der Waals surface area contributed by atoms with Gasteiger partial charge in [-0.2, -0.15) is 0 Å². The van der Waals surface area contributed by atoms with Gasteiger partial charge in [-0.1, -0.05) is 18.2 Å². The molecule has 4 rings (SSSR count). The second-order valence-corrected chi connectivity index (χ2v) is 6.99. The van der Waals surface area contributed by atoms with Crippen LogP contribution in [0.3, 0.4) is 0 Å². The van der Waals surface area contributed by atoms with E-state index in [0.717, 1.165) is 50.8 Å². The molecule has 1 aliphatic heterocycles. The van der Waals surface area contributed by atoms with E-state index in [-0.39, 0.29) is 18.4 Å². The third kappa shape index (κ3) is 3.22. The SMILES string of the molecule is OC[C@H](Cc1c[nH]c2ccccc12)NC1CCC2(CC1)OCCO2. The maximum Gasteiger partial charge on any atom is 0.168 e. The van der Waals surface area contributed by atoms with E-state index in [4.69, 9.17) is 9.47 Å². The summed E-state index contributed by atoms with van der Waals surface area (Å²) in [5.74, 6) is -0.316. The Morgan fingerprint density at radius 3 is 2.71 bits per heavy atom. The van der Waals surface area contributed by atoms with Crippen LogP contribution in [0.1, 0.15) is 31.2 Å². The van der Waals surface area contributed by atoms with E-state index < -0.39 is 0 Å². The van der Waals surface area contributed by atoms with Crippen LogP contribution in [0.2, 0.25) is 0 Å². The Balaban J connectivity index is 1.36. The fraction of sp³-hybridized carbons (Fsp3) is 0.579. The maximum atomic E-state index is 9.81. The van der Waals surface area contributed by atoms with Gasteiger partial charge in [-0.05, 0) is 30.9 Å². The Morgan fingerprint density at radius 2 is 1.96 bits per heavy atom. The van der Waals surface area contributed by atoms with Gasteiger partial charge in [0.1, 0.15) is 0 Å². The molecule has 1 saturated heterocycles. The molecule has 2 heterocycles. The van der Waals surface area contributed by atoms with Crippen LogP contribution in [-0.4, -0.2) is 47.8 Å². The Kier molecular flexibility index (Phi) is 4.59. The molecule has 2 aliphatic rings. The fourth-order valence-electron chi connectivity index (χ4n) is 4.09. The van der Waals surface area contributed by atoms with Crippen molar-refractivity contribution in [1.82, 2.24) is 10.3 Å². The van der Waals surface area contributed by atoms with Crippen molar-refractivity contribution in [2.75, 3.05) is 19.8 Å². The molecule has 0 radical (unpaired) electrons. The van der Waals surface area contributed by atoms with Gasteiger partial charge in [0.05, 0.1) is 19.8 Å². The number of H-pyrrole nitrogens is 1. The zero-order valence-corrected chi connectivity index (χ0v) is 14.0. The molecule has 24 heavy (non-hydrogen) atoms. The van der Waals surface area contributed by atoms with E-state index in [2.05, 4.69) is 34.7 Å². The third-order valence-corrected chi connectivity index (χ3v) is 5.39. The minimum Gasteiger partial charge on any atom is -0.395 e. The molecule has 1 atom stereocenters. The number of aliphatic hydroxyl groups excluding tert-OH is 1. The quantitative estimate of drug-likeness (QED) is 0.787. The van der Waals surface area contributed by atoms with Crippen molar-refractivity contribution in [2.24, 2.45) is 0 Å². The number of nitrogens with one attached hydrogen (secondary N) is 2. The molecule has 2 aromatic rings. The minimum atomic E-state index is -0.316. The molecule has 2 fully saturated rings. The van der Waals surface area contributed by atoms with Gasteiger partial charge in [-0.25, -0.2) is 0 Å². The van der Waals surface area contributed by atoms with E-state index in [1.165, 1.54) is 10.9 Å². The molecule has 3 N–H and O–H groups in total. The van der Waals surface area contributed by atoms with E-state index >= 15 is 0 Å². The summed E-state index contributed by atoms with van der Waals surface area (Å²) in [7, 11) is 0. The molecule has 0 bridgehead atoms. The number of aliphatic hydroxyl groups is 1. The van der Waals surface area contributed by atoms with Crippen molar-refractivity contribution in [1.29, 1.82) is 0 Å². The molecule has 1 aromatic carbocycles. The second kappa shape index (κ2) is 6.84. The molecule has 1 spiro atoms. The lowest BCUT2D eigenvalue weighted by atomic mass is 9.89. The first-order chi connectivity index (χ1) is 11.8. The molecule has 0 amide bonds. The summed E-state index contributed by atoms with van der Waals surface area (Å²) in [5.41, 5.74) is 2.41. The summed E-state index contributed by atoms with van der Waals surface area (Å²) in [6, 6.07) is 8.81. The van der Waals surface area contributed by atoms with Crippen LogP contribution >= 0.6 is 0 Å². The standard InChI is InChI=1S/C19H26N2O3/c22-13-16(11-14-12-20-18-4-2-1-3-17(14)18)21-15-5-7-19(8-6-15)23-9-10-24-19/h1-4,12,15-16,20-22H,5-11,13H2/t16-/m0/s1. The number of aromatic nitrogens is 1. The van der Waals surface area contributed by atoms with Gasteiger partial charge >= 0.3 is 0 Å². The third-order valence-electron chi connectivity index (χ3n) is 5.39. The smallest absolute Gasteiger partial charge is 0.168 e. The normalized spacial score (nSPS) is 22.4. The van der Waals surface area contributed by atoms with Crippen molar-refractivity contribution in [3.8, 4) is 0 Å². The molecule has 1 aliphatic carbocycles. The zero-order chi connectivity index (χ0) is 16.4. The molecule has 1 saturated carbocycles. The Labute approximate surface area is 142 Å². The number of hydrogen-bond acceptors (Lipinski definition) is 4. The first-order valence-electron chi connectivity index (χ1n) is 8.98. The molecule has 0 unspecified atom stereocenters. The summed E-state index contributed by atoms with van der Waals surface area (Å²) < 4.78 is 11.6. The molecular weight excluding hydrogens is 304 g/mol. The second-order valence-electron chi connectivity index (χ2n) is 6.99. The highest BCUT2D eigenvalue weighted by Crippen LogP contribution is 2.35. The molecular formula is C19H26N2O3. The lowest BCUT2D eigenvalue weighted by molar-refractivity contribution is -0.179. The summed E-state index contributed by atoms with van der Waals surface area (Å²) in [6.45, 7) is 1.59. The lowest BCUT2D eigenvalue weighted by Gasteiger charge is -2.37. The average Bonchev–Trinajstić information content (AvgIpc) is 3.24. The van der Waals surface area contributed by atoms with E-state index in [1.807, 2.05) is 6.07 Å². The van der Waals surface area contributed by atoms with Crippen LogP contribution in [0.25, 0.3) is 10.9 Å². The highest BCUT2D eigenvalue weighted by atomic mass is 16.7. The van der Waals surface area contributed by atoms with Crippen LogP contribution in [0.15, 0.2) is 30.5 Å². The lowest BCUT2D eigenvalue weighted by Crippen LogP contribution is -2.47. The molecule has 1 aromatic heterocycles. The van der Waals surface area contributed by atoms with Crippen LogP contribution in [-0.2, 0) is 15.9 Å². The monoisotopic (exact) mass is 330 g/mol. The van der Waals surface area contributed by atoms with Crippen LogP contribution in [0.5, 0.6) is 0 Å². The van der Waals surface area contributed by atoms with Gasteiger partial charge < -0.3 is 24.9 Å². The fourth-order valence-corrected chi connectivity index (χ4v) is 4.09. The largest absolute Gasteiger partial charge is 0.395 e. The zero-order valence-electron chi connectivity index (χ0n) is 14.0. The number of ether oxygens (including phenoxy) is 2. The van der Waals surface area contributed by atoms with E-state index in [9.17, 15) is 5.11 Å². The first kappa shape index (κ1) is 16.1. The maximum absolute atomic E-state index is 9.81. The van der Waals surface area contributed by atoms with Gasteiger partial charge in [-0.15, -0.1) is 0 Å². The number of para-hydroxylation sites is 1. The number of aromatic amines is 1. The van der Waals surface area contributed by atoms with E-state index in [1.54, 1.807) is 0 Å². The average molecular weight is 330 g/mol. The minimum absolute atomic E-state index is 0.0775. The summed E-state index contributed by atoms with van der Waals surface area (Å²) in [5, 5.41) is 14.7. The van der Waals surface area contributed by atoms with Crippen molar-refractivity contribution in [3.05, 3.63) is 36.0 Å². The molecule has 130 valence electrons. The summed E-state index contributed by atoms with van der Waals surface area (Å²) in [4.78, 5) is 3.31. The van der Waals surface area contributed by atoms with Gasteiger partial charge in [0.2, 0.25) is 0 Å². The van der Waals surface area contributed by atoms with Gasteiger partial charge in [0, 0.05) is 42.0 Å². The van der Waals surface area contributed by atoms with Gasteiger partial charge in [0.25, 0.3) is 0 Å². The number of fused-ring (bicyclic) bond motifs is 1. The highest BCUT2D eigenvalue weighted by molar-refractivity contribution is 5.83. The number of benzene rings is 1. The van der Waals surface area contributed by atoms with Gasteiger partial charge in [0.15, 0.2) is 5.79 Å². The molecule has 5 heteroatoms. The number of hydrogen-bond donors (Lipinski definition) is 3. The summed E-state index contributed by atoms with van der Waals surface area (Å²) in [6.07, 6.45) is 6.83. The van der Waals surface area contributed by atoms with Crippen molar-refractivity contribution >= 4 is 10.9 Å². The van der Waals surface area contributed by atoms with Crippen molar-refractivity contribution in [3.63, 3.8) is 0 Å². The van der Waals surface area contributed by atoms with Crippen LogP contribution < -0.4 is 5.32 Å². The predicted molar refractivity (Wildman–Crippen MR) is 92.9 cm³/mol. The summed E-state index contributed by atoms with van der Waals surface area (Å²) >= 11 is 0. The number of rotatable bonds is 5. The Morgan fingerprint density at radius 1 is 1.21 bits per heavy atom. The topological polar surface area (TPSA) is 66.5 Å². The highest BCUT2D eigenvalue weighted by Gasteiger charge is 2.40. The van der Waals surface area contributed by atoms with Crippen LogP contribution in [0, 0.1) is 0 Å². The van der Waals surface area contributed by atoms with Gasteiger partial charge in [-0.3, -0.25) is 0 Å². The Bertz CT molecular complexity index is 668. The Hall–Kier alpha value is -1.40. The van der Waals surface area contributed by atoms with Crippen molar-refractivity contribution in [2.45, 2.75) is 50.0 Å². The predicted octanol–water partition coefficient (Wildman–Crippen LogP) is 2.35.